The summed E-state index contributed by atoms with van der Waals surface area (Å²) in [7, 11) is 1.53. The molecule has 106 valence electrons. The minimum atomic E-state index is -0.205. The van der Waals surface area contributed by atoms with Crippen molar-refractivity contribution in [3.8, 4) is 0 Å². The number of amides is 2. The molecule has 1 saturated carbocycles. The second kappa shape index (κ2) is 4.93. The third-order valence-electron chi connectivity index (χ3n) is 4.63. The van der Waals surface area contributed by atoms with E-state index in [1.165, 1.54) is 37.6 Å². The molecule has 0 aromatic heterocycles. The van der Waals surface area contributed by atoms with Gasteiger partial charge in [-0.2, -0.15) is 0 Å². The lowest BCUT2D eigenvalue weighted by Gasteiger charge is -2.21. The van der Waals surface area contributed by atoms with Crippen LogP contribution in [0.3, 0.4) is 0 Å². The van der Waals surface area contributed by atoms with Gasteiger partial charge in [-0.15, -0.1) is 0 Å². The number of rotatable bonds is 3. The van der Waals surface area contributed by atoms with Crippen LogP contribution in [0.4, 0.5) is 5.69 Å². The zero-order valence-corrected chi connectivity index (χ0v) is 12.0. The third-order valence-corrected chi connectivity index (χ3v) is 4.63. The summed E-state index contributed by atoms with van der Waals surface area (Å²) in [5.41, 5.74) is 1.99. The molecule has 4 heteroatoms. The molecule has 2 atom stereocenters. The Morgan fingerprint density at radius 3 is 2.70 bits per heavy atom. The van der Waals surface area contributed by atoms with Crippen LogP contribution in [0.5, 0.6) is 0 Å². The van der Waals surface area contributed by atoms with Crippen LogP contribution in [-0.4, -0.2) is 29.8 Å². The zero-order valence-electron chi connectivity index (χ0n) is 12.0. The van der Waals surface area contributed by atoms with Crippen LogP contribution in [0.25, 0.3) is 0 Å². The zero-order chi connectivity index (χ0) is 14.3. The number of nitrogens with zero attached hydrogens (tertiary/aromatic N) is 1. The topological polar surface area (TPSA) is 49.4 Å². The molecule has 0 bridgehead atoms. The fourth-order valence-electron chi connectivity index (χ4n) is 3.38. The largest absolute Gasteiger partial charge is 0.382 e. The SMILES string of the molecule is CCC1CCCC1Nc1ccc2c(c1)C(=O)N(C)C2=O. The van der Waals surface area contributed by atoms with Crippen LogP contribution >= 0.6 is 0 Å². The first-order valence-corrected chi connectivity index (χ1v) is 7.34. The van der Waals surface area contributed by atoms with E-state index < -0.39 is 0 Å². The van der Waals surface area contributed by atoms with Gasteiger partial charge in [-0.1, -0.05) is 19.8 Å². The van der Waals surface area contributed by atoms with Gasteiger partial charge in [0.1, 0.15) is 0 Å². The first-order chi connectivity index (χ1) is 9.61. The number of fused-ring (bicyclic) bond motifs is 1. The van der Waals surface area contributed by atoms with Crippen molar-refractivity contribution in [3.05, 3.63) is 29.3 Å². The Morgan fingerprint density at radius 2 is 1.95 bits per heavy atom. The van der Waals surface area contributed by atoms with Crippen molar-refractivity contribution in [1.82, 2.24) is 4.90 Å². The molecule has 2 unspecified atom stereocenters. The number of anilines is 1. The van der Waals surface area contributed by atoms with Crippen molar-refractivity contribution in [2.45, 2.75) is 38.6 Å². The molecule has 2 aliphatic rings. The number of imide groups is 1. The van der Waals surface area contributed by atoms with Gasteiger partial charge in [-0.25, -0.2) is 0 Å². The maximum Gasteiger partial charge on any atom is 0.261 e. The van der Waals surface area contributed by atoms with E-state index in [2.05, 4.69) is 12.2 Å². The molecule has 1 aliphatic carbocycles. The highest BCUT2D eigenvalue weighted by atomic mass is 16.2. The lowest BCUT2D eigenvalue weighted by Crippen LogP contribution is -2.24. The Hall–Kier alpha value is -1.84. The Bertz CT molecular complexity index is 568. The summed E-state index contributed by atoms with van der Waals surface area (Å²) < 4.78 is 0. The van der Waals surface area contributed by atoms with Crippen LogP contribution in [0, 0.1) is 5.92 Å². The quantitative estimate of drug-likeness (QED) is 0.861. The summed E-state index contributed by atoms with van der Waals surface area (Å²) in [4.78, 5) is 25.0. The number of benzene rings is 1. The molecular formula is C16H20N2O2. The van der Waals surface area contributed by atoms with Crippen molar-refractivity contribution < 1.29 is 9.59 Å². The minimum absolute atomic E-state index is 0.202. The van der Waals surface area contributed by atoms with Gasteiger partial charge in [-0.05, 0) is 37.0 Å². The van der Waals surface area contributed by atoms with E-state index in [-0.39, 0.29) is 11.8 Å². The molecule has 0 saturated heterocycles. The van der Waals surface area contributed by atoms with Crippen molar-refractivity contribution in [3.63, 3.8) is 0 Å². The van der Waals surface area contributed by atoms with Crippen molar-refractivity contribution in [1.29, 1.82) is 0 Å². The number of nitrogens with one attached hydrogen (secondary N) is 1. The highest BCUT2D eigenvalue weighted by Crippen LogP contribution is 2.32. The molecule has 1 heterocycles. The Kier molecular flexibility index (Phi) is 3.24. The standard InChI is InChI=1S/C16H20N2O2/c1-3-10-5-4-6-14(10)17-11-7-8-12-13(9-11)16(20)18(2)15(12)19/h7-10,14,17H,3-6H2,1-2H3. The monoisotopic (exact) mass is 272 g/mol. The van der Waals surface area contributed by atoms with Gasteiger partial charge in [0.05, 0.1) is 11.1 Å². The molecule has 0 radical (unpaired) electrons. The van der Waals surface area contributed by atoms with E-state index in [0.717, 1.165) is 5.69 Å². The van der Waals surface area contributed by atoms with E-state index >= 15 is 0 Å². The van der Waals surface area contributed by atoms with E-state index in [9.17, 15) is 9.59 Å². The van der Waals surface area contributed by atoms with Crippen LogP contribution in [0.1, 0.15) is 53.3 Å². The van der Waals surface area contributed by atoms with Crippen LogP contribution in [-0.2, 0) is 0 Å². The predicted octanol–water partition coefficient (Wildman–Crippen LogP) is 2.90. The molecule has 1 aromatic carbocycles. The molecule has 20 heavy (non-hydrogen) atoms. The average Bonchev–Trinajstić information content (AvgIpc) is 2.99. The van der Waals surface area contributed by atoms with E-state index in [0.29, 0.717) is 23.1 Å². The number of carbonyl (C=O) groups excluding carboxylic acids is 2. The summed E-state index contributed by atoms with van der Waals surface area (Å²) in [5.74, 6) is 0.305. The summed E-state index contributed by atoms with van der Waals surface area (Å²) >= 11 is 0. The molecule has 4 nitrogen and oxygen atoms in total. The van der Waals surface area contributed by atoms with E-state index in [1.54, 1.807) is 6.07 Å². The van der Waals surface area contributed by atoms with Crippen LogP contribution < -0.4 is 5.32 Å². The summed E-state index contributed by atoms with van der Waals surface area (Å²) in [5, 5.41) is 3.54. The van der Waals surface area contributed by atoms with Gasteiger partial charge < -0.3 is 5.32 Å². The van der Waals surface area contributed by atoms with Gasteiger partial charge >= 0.3 is 0 Å². The minimum Gasteiger partial charge on any atom is -0.382 e. The number of hydrogen-bond donors (Lipinski definition) is 1. The molecular weight excluding hydrogens is 252 g/mol. The van der Waals surface area contributed by atoms with Gasteiger partial charge in [-0.3, -0.25) is 14.5 Å². The smallest absolute Gasteiger partial charge is 0.261 e. The molecule has 1 aromatic rings. The molecule has 3 rings (SSSR count). The Labute approximate surface area is 119 Å². The highest BCUT2D eigenvalue weighted by molar-refractivity contribution is 6.21. The van der Waals surface area contributed by atoms with Crippen LogP contribution in [0.2, 0.25) is 0 Å². The summed E-state index contributed by atoms with van der Waals surface area (Å²) in [6, 6.07) is 5.98. The van der Waals surface area contributed by atoms with E-state index in [1.807, 2.05) is 12.1 Å². The molecule has 1 N–H and O–H groups in total. The van der Waals surface area contributed by atoms with Gasteiger partial charge in [0.15, 0.2) is 0 Å². The lowest BCUT2D eigenvalue weighted by molar-refractivity contribution is 0.0693. The van der Waals surface area contributed by atoms with Gasteiger partial charge in [0, 0.05) is 18.8 Å². The fraction of sp³-hybridized carbons (Fsp3) is 0.500. The van der Waals surface area contributed by atoms with Crippen LogP contribution in [0.15, 0.2) is 18.2 Å². The van der Waals surface area contributed by atoms with Crippen molar-refractivity contribution >= 4 is 17.5 Å². The first kappa shape index (κ1) is 13.2. The summed E-state index contributed by atoms with van der Waals surface area (Å²) in [6.07, 6.45) is 4.91. The lowest BCUT2D eigenvalue weighted by atomic mass is 10.00. The molecule has 0 spiro atoms. The third kappa shape index (κ3) is 1.99. The number of hydrogen-bond acceptors (Lipinski definition) is 3. The first-order valence-electron chi connectivity index (χ1n) is 7.34. The maximum absolute atomic E-state index is 12.0. The summed E-state index contributed by atoms with van der Waals surface area (Å²) in [6.45, 7) is 2.23. The fourth-order valence-corrected chi connectivity index (χ4v) is 3.38. The van der Waals surface area contributed by atoms with E-state index in [4.69, 9.17) is 0 Å². The molecule has 1 aliphatic heterocycles. The maximum atomic E-state index is 12.0. The van der Waals surface area contributed by atoms with Gasteiger partial charge in [0.2, 0.25) is 0 Å². The number of carbonyl (C=O) groups is 2. The van der Waals surface area contributed by atoms with Gasteiger partial charge in [0.25, 0.3) is 11.8 Å². The predicted molar refractivity (Wildman–Crippen MR) is 77.9 cm³/mol. The normalized spacial score (nSPS) is 25.2. The average molecular weight is 272 g/mol. The Balaban J connectivity index is 1.84. The second-order valence-corrected chi connectivity index (χ2v) is 5.78. The van der Waals surface area contributed by atoms with Crippen molar-refractivity contribution in [2.75, 3.05) is 12.4 Å². The Morgan fingerprint density at radius 1 is 1.20 bits per heavy atom. The van der Waals surface area contributed by atoms with Crippen molar-refractivity contribution in [2.24, 2.45) is 5.92 Å². The second-order valence-electron chi connectivity index (χ2n) is 5.78. The molecule has 2 amide bonds. The molecule has 1 fully saturated rings. The highest BCUT2D eigenvalue weighted by Gasteiger charge is 2.33.